The fourth-order valence-corrected chi connectivity index (χ4v) is 4.78. The second-order valence-electron chi connectivity index (χ2n) is 9.16. The summed E-state index contributed by atoms with van der Waals surface area (Å²) in [7, 11) is 3.79. The van der Waals surface area contributed by atoms with Gasteiger partial charge in [-0.1, -0.05) is 12.1 Å². The Labute approximate surface area is 201 Å². The first kappa shape index (κ1) is 22.9. The van der Waals surface area contributed by atoms with E-state index in [9.17, 15) is 0 Å². The van der Waals surface area contributed by atoms with Crippen LogP contribution in [0.15, 0.2) is 48.5 Å². The summed E-state index contributed by atoms with van der Waals surface area (Å²) >= 11 is 0. The van der Waals surface area contributed by atoms with Crippen molar-refractivity contribution < 1.29 is 14.2 Å². The highest BCUT2D eigenvalue weighted by Crippen LogP contribution is 2.34. The van der Waals surface area contributed by atoms with Gasteiger partial charge < -0.3 is 19.1 Å². The molecule has 0 bridgehead atoms. The van der Waals surface area contributed by atoms with Gasteiger partial charge >= 0.3 is 0 Å². The minimum Gasteiger partial charge on any atom is -0.492 e. The van der Waals surface area contributed by atoms with Crippen LogP contribution in [0, 0.1) is 6.92 Å². The predicted molar refractivity (Wildman–Crippen MR) is 135 cm³/mol. The van der Waals surface area contributed by atoms with E-state index in [0.717, 1.165) is 73.1 Å². The van der Waals surface area contributed by atoms with E-state index in [2.05, 4.69) is 51.0 Å². The van der Waals surface area contributed by atoms with Crippen LogP contribution in [0.5, 0.6) is 11.5 Å². The number of pyridine rings is 1. The second kappa shape index (κ2) is 10.2. The lowest BCUT2D eigenvalue weighted by Gasteiger charge is -2.36. The average Bonchev–Trinajstić information content (AvgIpc) is 2.85. The van der Waals surface area contributed by atoms with Crippen LogP contribution < -0.4 is 14.4 Å². The van der Waals surface area contributed by atoms with Crippen LogP contribution in [0.1, 0.15) is 11.3 Å². The molecule has 2 aliphatic rings. The number of piperazine rings is 1. The molecule has 7 nitrogen and oxygen atoms in total. The molecule has 1 atom stereocenters. The van der Waals surface area contributed by atoms with Crippen LogP contribution in [-0.4, -0.2) is 81.1 Å². The van der Waals surface area contributed by atoms with Gasteiger partial charge in [0.05, 0.1) is 11.2 Å². The zero-order valence-electron chi connectivity index (χ0n) is 20.4. The van der Waals surface area contributed by atoms with E-state index in [1.165, 1.54) is 5.56 Å². The number of aromatic nitrogens is 1. The number of methoxy groups -OCH3 is 1. The quantitative estimate of drug-likeness (QED) is 0.532. The lowest BCUT2D eigenvalue weighted by molar-refractivity contribution is 0.0495. The molecule has 1 unspecified atom stereocenters. The fraction of sp³-hybridized carbons (Fsp3) is 0.444. The molecular formula is C27H34N4O3. The van der Waals surface area contributed by atoms with E-state index in [1.807, 2.05) is 31.2 Å². The maximum absolute atomic E-state index is 6.14. The number of benzene rings is 2. The van der Waals surface area contributed by atoms with Crippen molar-refractivity contribution in [3.8, 4) is 11.5 Å². The first-order valence-electron chi connectivity index (χ1n) is 12.1. The van der Waals surface area contributed by atoms with Crippen molar-refractivity contribution >= 4 is 16.6 Å². The van der Waals surface area contributed by atoms with Crippen molar-refractivity contribution in [2.75, 3.05) is 65.0 Å². The summed E-state index contributed by atoms with van der Waals surface area (Å²) in [5, 5.41) is 1.08. The predicted octanol–water partition coefficient (Wildman–Crippen LogP) is 3.54. The Balaban J connectivity index is 1.11. The van der Waals surface area contributed by atoms with Gasteiger partial charge in [0.25, 0.3) is 0 Å². The van der Waals surface area contributed by atoms with Crippen molar-refractivity contribution in [3.63, 3.8) is 0 Å². The number of anilines is 1. The van der Waals surface area contributed by atoms with Gasteiger partial charge in [-0.25, -0.2) is 0 Å². The van der Waals surface area contributed by atoms with Crippen molar-refractivity contribution in [2.45, 2.75) is 19.7 Å². The van der Waals surface area contributed by atoms with Gasteiger partial charge in [0, 0.05) is 64.5 Å². The van der Waals surface area contributed by atoms with Crippen LogP contribution in [0.4, 0.5) is 5.69 Å². The molecule has 7 heteroatoms. The van der Waals surface area contributed by atoms with Crippen LogP contribution in [-0.2, 0) is 11.3 Å². The number of nitrogens with zero attached hydrogens (tertiary/aromatic N) is 4. The first-order chi connectivity index (χ1) is 16.6. The molecular weight excluding hydrogens is 428 g/mol. The van der Waals surface area contributed by atoms with Crippen LogP contribution in [0.3, 0.4) is 0 Å². The van der Waals surface area contributed by atoms with Crippen LogP contribution in [0.2, 0.25) is 0 Å². The van der Waals surface area contributed by atoms with Crippen LogP contribution >= 0.6 is 0 Å². The van der Waals surface area contributed by atoms with E-state index in [4.69, 9.17) is 14.2 Å². The van der Waals surface area contributed by atoms with Gasteiger partial charge in [0.2, 0.25) is 0 Å². The zero-order chi connectivity index (χ0) is 23.5. The van der Waals surface area contributed by atoms with Crippen LogP contribution in [0.25, 0.3) is 10.9 Å². The Morgan fingerprint density at radius 3 is 2.68 bits per heavy atom. The van der Waals surface area contributed by atoms with Gasteiger partial charge in [0.15, 0.2) is 6.23 Å². The van der Waals surface area contributed by atoms with Gasteiger partial charge in [-0.05, 0) is 48.9 Å². The summed E-state index contributed by atoms with van der Waals surface area (Å²) in [6.45, 7) is 9.37. The smallest absolute Gasteiger partial charge is 0.164 e. The Kier molecular flexibility index (Phi) is 6.85. The normalized spacial score (nSPS) is 19.1. The average molecular weight is 463 g/mol. The molecule has 0 radical (unpaired) electrons. The van der Waals surface area contributed by atoms with E-state index < -0.39 is 0 Å². The topological polar surface area (TPSA) is 50.3 Å². The Hall–Kier alpha value is -2.87. The molecule has 2 aliphatic heterocycles. The molecule has 1 saturated heterocycles. The van der Waals surface area contributed by atoms with Crippen molar-refractivity contribution in [1.82, 2.24) is 14.8 Å². The third kappa shape index (κ3) is 4.97. The van der Waals surface area contributed by atoms with E-state index >= 15 is 0 Å². The highest BCUT2D eigenvalue weighted by Gasteiger charge is 2.25. The van der Waals surface area contributed by atoms with E-state index in [-0.39, 0.29) is 6.23 Å². The van der Waals surface area contributed by atoms with Crippen molar-refractivity contribution in [1.29, 1.82) is 0 Å². The largest absolute Gasteiger partial charge is 0.492 e. The number of hydrogen-bond donors (Lipinski definition) is 0. The molecule has 34 heavy (non-hydrogen) atoms. The van der Waals surface area contributed by atoms with Crippen molar-refractivity contribution in [3.05, 3.63) is 59.8 Å². The van der Waals surface area contributed by atoms with E-state index in [1.54, 1.807) is 7.11 Å². The number of hydrogen-bond acceptors (Lipinski definition) is 7. The lowest BCUT2D eigenvalue weighted by atomic mass is 10.1. The van der Waals surface area contributed by atoms with Gasteiger partial charge in [-0.2, -0.15) is 0 Å². The van der Waals surface area contributed by atoms with Gasteiger partial charge in [-0.3, -0.25) is 14.8 Å². The summed E-state index contributed by atoms with van der Waals surface area (Å²) < 4.78 is 17.5. The van der Waals surface area contributed by atoms with Gasteiger partial charge in [-0.15, -0.1) is 0 Å². The minimum atomic E-state index is -0.0391. The third-order valence-electron chi connectivity index (χ3n) is 6.86. The number of aryl methyl sites for hydroxylation is 1. The molecule has 1 fully saturated rings. The molecule has 0 N–H and O–H groups in total. The number of likely N-dealkylation sites (N-methyl/N-ethyl adjacent to an activating group) is 1. The Bertz CT molecular complexity index is 1130. The van der Waals surface area contributed by atoms with Gasteiger partial charge in [0.1, 0.15) is 24.7 Å². The number of fused-ring (bicyclic) bond motifs is 2. The lowest BCUT2D eigenvalue weighted by Crippen LogP contribution is -2.47. The molecule has 3 heterocycles. The molecule has 0 saturated carbocycles. The molecule has 0 aliphatic carbocycles. The molecule has 0 spiro atoms. The van der Waals surface area contributed by atoms with Crippen molar-refractivity contribution in [2.24, 2.45) is 0 Å². The summed E-state index contributed by atoms with van der Waals surface area (Å²) in [5.41, 5.74) is 4.42. The monoisotopic (exact) mass is 462 g/mol. The number of rotatable bonds is 7. The maximum atomic E-state index is 6.14. The molecule has 5 rings (SSSR count). The highest BCUT2D eigenvalue weighted by atomic mass is 16.5. The molecule has 2 aromatic carbocycles. The minimum absolute atomic E-state index is 0.0391. The molecule has 3 aromatic rings. The highest BCUT2D eigenvalue weighted by molar-refractivity contribution is 5.85. The van der Waals surface area contributed by atoms with E-state index in [0.29, 0.717) is 13.2 Å². The first-order valence-corrected chi connectivity index (χ1v) is 12.1. The second-order valence-corrected chi connectivity index (χ2v) is 9.16. The summed E-state index contributed by atoms with van der Waals surface area (Å²) in [6, 6.07) is 16.7. The summed E-state index contributed by atoms with van der Waals surface area (Å²) in [6.07, 6.45) is -0.0391. The maximum Gasteiger partial charge on any atom is 0.164 e. The molecule has 0 amide bonds. The Morgan fingerprint density at radius 1 is 1.03 bits per heavy atom. The molecule has 180 valence electrons. The number of ether oxygens (including phenoxy) is 3. The Morgan fingerprint density at radius 2 is 1.85 bits per heavy atom. The molecule has 1 aromatic heterocycles. The summed E-state index contributed by atoms with van der Waals surface area (Å²) in [4.78, 5) is 11.8. The summed E-state index contributed by atoms with van der Waals surface area (Å²) in [5.74, 6) is 1.85. The third-order valence-corrected chi connectivity index (χ3v) is 6.86. The standard InChI is InChI=1S/C27H34N4O3/c1-20-7-9-22-23(28-20)5-4-6-25(22)33-16-15-30-11-13-31(14-12-30)18-21-8-10-26-24(17-21)29(2)27(32-3)19-34-26/h4-10,17,27H,11-16,18-19H2,1-3H3. The fourth-order valence-electron chi connectivity index (χ4n) is 4.78. The zero-order valence-corrected chi connectivity index (χ0v) is 20.4. The SMILES string of the molecule is COC1COc2ccc(CN3CCN(CCOc4cccc5nc(C)ccc45)CC3)cc2N1C.